The molecular weight excluding hydrogens is 216 g/mol. The van der Waals surface area contributed by atoms with Gasteiger partial charge in [0.2, 0.25) is 5.91 Å². The molecule has 1 rings (SSSR count). The number of imide groups is 1. The molecule has 0 aromatic carbocycles. The van der Waals surface area contributed by atoms with Crippen LogP contribution in [-0.2, 0) is 11.8 Å². The molecule has 0 saturated heterocycles. The monoisotopic (exact) mass is 228 g/mol. The zero-order valence-electron chi connectivity index (χ0n) is 8.48. The van der Waals surface area contributed by atoms with Gasteiger partial charge in [-0.3, -0.25) is 10.1 Å². The van der Waals surface area contributed by atoms with E-state index in [9.17, 15) is 9.59 Å². The Labute approximate surface area is 91.4 Å². The van der Waals surface area contributed by atoms with Crippen molar-refractivity contribution in [2.45, 2.75) is 5.16 Å². The number of imidazole rings is 1. The summed E-state index contributed by atoms with van der Waals surface area (Å²) in [6.45, 7) is 0. The number of nitrogens with one attached hydrogen (secondary N) is 2. The Morgan fingerprint density at radius 1 is 1.60 bits per heavy atom. The van der Waals surface area contributed by atoms with Crippen LogP contribution in [0.2, 0.25) is 0 Å². The highest BCUT2D eigenvalue weighted by Gasteiger charge is 2.08. The number of carbonyl (C=O) groups excluding carboxylic acids is 2. The molecule has 82 valence electrons. The van der Waals surface area contributed by atoms with E-state index < -0.39 is 6.03 Å². The lowest BCUT2D eigenvalue weighted by molar-refractivity contribution is -0.117. The van der Waals surface area contributed by atoms with Gasteiger partial charge in [0.1, 0.15) is 0 Å². The van der Waals surface area contributed by atoms with Crippen LogP contribution in [0.3, 0.4) is 0 Å². The third kappa shape index (κ3) is 3.62. The quantitative estimate of drug-likeness (QED) is 0.712. The van der Waals surface area contributed by atoms with Gasteiger partial charge in [-0.15, -0.1) is 0 Å². The van der Waals surface area contributed by atoms with Crippen molar-refractivity contribution in [3.05, 3.63) is 12.4 Å². The lowest BCUT2D eigenvalue weighted by atomic mass is 10.7. The van der Waals surface area contributed by atoms with Crippen LogP contribution in [0.25, 0.3) is 0 Å². The van der Waals surface area contributed by atoms with Gasteiger partial charge in [-0.05, 0) is 0 Å². The van der Waals surface area contributed by atoms with E-state index in [1.165, 1.54) is 18.8 Å². The number of carbonyl (C=O) groups is 2. The summed E-state index contributed by atoms with van der Waals surface area (Å²) in [7, 11) is 3.29. The number of hydrogen-bond acceptors (Lipinski definition) is 4. The third-order valence-corrected chi connectivity index (χ3v) is 2.65. The Hall–Kier alpha value is -1.50. The molecule has 0 saturated carbocycles. The molecule has 2 N–H and O–H groups in total. The molecule has 1 heterocycles. The van der Waals surface area contributed by atoms with Gasteiger partial charge in [0.25, 0.3) is 0 Å². The SMILES string of the molecule is CNC(=O)NC(=O)CSc1nccn1C. The highest BCUT2D eigenvalue weighted by Crippen LogP contribution is 2.13. The maximum absolute atomic E-state index is 11.2. The predicted octanol–water partition coefficient (Wildman–Crippen LogP) is -0.0322. The number of urea groups is 1. The van der Waals surface area contributed by atoms with Gasteiger partial charge in [0.15, 0.2) is 5.16 Å². The number of rotatable bonds is 3. The summed E-state index contributed by atoms with van der Waals surface area (Å²) in [6.07, 6.45) is 3.44. The average molecular weight is 228 g/mol. The van der Waals surface area contributed by atoms with Crippen molar-refractivity contribution in [3.8, 4) is 0 Å². The second-order valence-corrected chi connectivity index (χ2v) is 3.68. The molecule has 3 amide bonds. The minimum atomic E-state index is -0.500. The first-order chi connectivity index (χ1) is 7.13. The molecule has 0 aliphatic rings. The van der Waals surface area contributed by atoms with E-state index in [0.29, 0.717) is 0 Å². The number of amides is 3. The fourth-order valence-corrected chi connectivity index (χ4v) is 1.58. The van der Waals surface area contributed by atoms with Crippen molar-refractivity contribution in [3.63, 3.8) is 0 Å². The fraction of sp³-hybridized carbons (Fsp3) is 0.375. The molecule has 15 heavy (non-hydrogen) atoms. The summed E-state index contributed by atoms with van der Waals surface area (Å²) >= 11 is 1.27. The van der Waals surface area contributed by atoms with Crippen LogP contribution < -0.4 is 10.6 Å². The molecular formula is C8H12N4O2S. The summed E-state index contributed by atoms with van der Waals surface area (Å²) < 4.78 is 1.80. The van der Waals surface area contributed by atoms with Crippen molar-refractivity contribution >= 4 is 23.7 Å². The Morgan fingerprint density at radius 2 is 2.33 bits per heavy atom. The Morgan fingerprint density at radius 3 is 2.87 bits per heavy atom. The lowest BCUT2D eigenvalue weighted by Gasteiger charge is -2.02. The largest absolute Gasteiger partial charge is 0.341 e. The predicted molar refractivity (Wildman–Crippen MR) is 56.5 cm³/mol. The molecule has 0 aliphatic heterocycles. The minimum Gasteiger partial charge on any atom is -0.341 e. The first kappa shape index (κ1) is 11.6. The Balaban J connectivity index is 2.35. The molecule has 0 radical (unpaired) electrons. The van der Waals surface area contributed by atoms with Crippen LogP contribution in [0.15, 0.2) is 17.6 Å². The van der Waals surface area contributed by atoms with Crippen LogP contribution >= 0.6 is 11.8 Å². The lowest BCUT2D eigenvalue weighted by Crippen LogP contribution is -2.38. The van der Waals surface area contributed by atoms with Gasteiger partial charge in [-0.2, -0.15) is 0 Å². The Bertz CT molecular complexity index is 363. The van der Waals surface area contributed by atoms with Gasteiger partial charge >= 0.3 is 6.03 Å². The number of aromatic nitrogens is 2. The van der Waals surface area contributed by atoms with Crippen LogP contribution in [0, 0.1) is 0 Å². The summed E-state index contributed by atoms with van der Waals surface area (Å²) in [4.78, 5) is 26.0. The zero-order valence-corrected chi connectivity index (χ0v) is 9.30. The van der Waals surface area contributed by atoms with Crippen LogP contribution in [0.1, 0.15) is 0 Å². The van der Waals surface area contributed by atoms with Crippen LogP contribution in [0.4, 0.5) is 4.79 Å². The van der Waals surface area contributed by atoms with Crippen molar-refractivity contribution in [1.29, 1.82) is 0 Å². The standard InChI is InChI=1S/C8H12N4O2S/c1-9-7(14)11-6(13)5-15-8-10-3-4-12(8)2/h3-4H,5H2,1-2H3,(H2,9,11,13,14). The second kappa shape index (κ2) is 5.40. The number of nitrogens with zero attached hydrogens (tertiary/aromatic N) is 2. The molecule has 6 nitrogen and oxygen atoms in total. The maximum atomic E-state index is 11.2. The summed E-state index contributed by atoms with van der Waals surface area (Å²) in [5.74, 6) is -0.180. The van der Waals surface area contributed by atoms with Gasteiger partial charge in [-0.25, -0.2) is 9.78 Å². The Kier molecular flexibility index (Phi) is 4.17. The molecule has 0 bridgehead atoms. The van der Waals surface area contributed by atoms with E-state index in [0.717, 1.165) is 5.16 Å². The van der Waals surface area contributed by atoms with Crippen molar-refractivity contribution in [1.82, 2.24) is 20.2 Å². The number of hydrogen-bond donors (Lipinski definition) is 2. The molecule has 0 unspecified atom stereocenters. The van der Waals surface area contributed by atoms with E-state index >= 15 is 0 Å². The van der Waals surface area contributed by atoms with Gasteiger partial charge in [-0.1, -0.05) is 11.8 Å². The normalized spacial score (nSPS) is 9.73. The number of thioether (sulfide) groups is 1. The van der Waals surface area contributed by atoms with Crippen molar-refractivity contribution in [2.75, 3.05) is 12.8 Å². The topological polar surface area (TPSA) is 76.0 Å². The highest BCUT2D eigenvalue weighted by molar-refractivity contribution is 7.99. The van der Waals surface area contributed by atoms with E-state index in [1.54, 1.807) is 17.0 Å². The van der Waals surface area contributed by atoms with Crippen LogP contribution in [-0.4, -0.2) is 34.3 Å². The fourth-order valence-electron chi connectivity index (χ4n) is 0.846. The highest BCUT2D eigenvalue weighted by atomic mass is 32.2. The zero-order chi connectivity index (χ0) is 11.3. The molecule has 0 spiro atoms. The first-order valence-electron chi connectivity index (χ1n) is 4.25. The summed E-state index contributed by atoms with van der Waals surface area (Å²) in [6, 6.07) is -0.500. The van der Waals surface area contributed by atoms with Gasteiger partial charge in [0.05, 0.1) is 5.75 Å². The molecule has 0 fully saturated rings. The minimum absolute atomic E-state index is 0.165. The van der Waals surface area contributed by atoms with Gasteiger partial charge in [0, 0.05) is 26.5 Å². The summed E-state index contributed by atoms with van der Waals surface area (Å²) in [5.41, 5.74) is 0. The average Bonchev–Trinajstić information content (AvgIpc) is 2.61. The molecule has 0 atom stereocenters. The van der Waals surface area contributed by atoms with E-state index in [4.69, 9.17) is 0 Å². The first-order valence-corrected chi connectivity index (χ1v) is 5.23. The maximum Gasteiger partial charge on any atom is 0.321 e. The van der Waals surface area contributed by atoms with Crippen molar-refractivity contribution in [2.24, 2.45) is 7.05 Å². The van der Waals surface area contributed by atoms with Crippen LogP contribution in [0.5, 0.6) is 0 Å². The number of aryl methyl sites for hydroxylation is 1. The smallest absolute Gasteiger partial charge is 0.321 e. The summed E-state index contributed by atoms with van der Waals surface area (Å²) in [5, 5.41) is 5.20. The molecule has 1 aromatic rings. The molecule has 0 aliphatic carbocycles. The van der Waals surface area contributed by atoms with E-state index in [1.807, 2.05) is 7.05 Å². The third-order valence-electron chi connectivity index (χ3n) is 1.59. The van der Waals surface area contributed by atoms with E-state index in [2.05, 4.69) is 15.6 Å². The van der Waals surface area contributed by atoms with E-state index in [-0.39, 0.29) is 11.7 Å². The second-order valence-electron chi connectivity index (χ2n) is 2.74. The molecule has 1 aromatic heterocycles. The van der Waals surface area contributed by atoms with Crippen molar-refractivity contribution < 1.29 is 9.59 Å². The van der Waals surface area contributed by atoms with Gasteiger partial charge < -0.3 is 9.88 Å². The molecule has 7 heteroatoms.